The lowest BCUT2D eigenvalue weighted by atomic mass is 10.2. The lowest BCUT2D eigenvalue weighted by molar-refractivity contribution is -0.936. The average Bonchev–Trinajstić information content (AvgIpc) is 2.61. The van der Waals surface area contributed by atoms with Crippen LogP contribution in [-0.2, 0) is 16.7 Å². The highest BCUT2D eigenvalue weighted by Crippen LogP contribution is 2.13. The lowest BCUT2D eigenvalue weighted by Crippen LogP contribution is -2.46. The van der Waals surface area contributed by atoms with Gasteiger partial charge in [-0.25, -0.2) is 8.42 Å². The molecule has 0 atom stereocenters. The summed E-state index contributed by atoms with van der Waals surface area (Å²) in [6.07, 6.45) is 0. The molecular formula is C20H29NO3S. The van der Waals surface area contributed by atoms with Crippen molar-refractivity contribution in [2.24, 2.45) is 0 Å². The van der Waals surface area contributed by atoms with E-state index in [4.69, 9.17) is 0 Å². The summed E-state index contributed by atoms with van der Waals surface area (Å²) < 4.78 is 32.4. The Morgan fingerprint density at radius 2 is 1.32 bits per heavy atom. The molecule has 4 nitrogen and oxygen atoms in total. The molecule has 0 amide bonds. The second kappa shape index (κ2) is 9.70. The molecule has 5 heteroatoms. The molecule has 2 rings (SSSR count). The van der Waals surface area contributed by atoms with Crippen LogP contribution in [0.3, 0.4) is 0 Å². The van der Waals surface area contributed by atoms with Crippen molar-refractivity contribution in [1.82, 2.24) is 0 Å². The molecule has 0 aliphatic carbocycles. The summed E-state index contributed by atoms with van der Waals surface area (Å²) in [6, 6.07) is 16.6. The van der Waals surface area contributed by atoms with Crippen molar-refractivity contribution in [2.75, 3.05) is 19.6 Å². The van der Waals surface area contributed by atoms with Crippen LogP contribution < -0.4 is 0 Å². The van der Waals surface area contributed by atoms with Gasteiger partial charge in [0, 0.05) is 5.56 Å². The van der Waals surface area contributed by atoms with Crippen molar-refractivity contribution in [3.63, 3.8) is 0 Å². The number of quaternary nitrogens is 1. The summed E-state index contributed by atoms with van der Waals surface area (Å²) in [5, 5.41) is 0. The standard InChI is InChI=1S/C13H22N.C7H8O3S/c1-4-14(5-2,6-3)12-13-10-8-7-9-11-13;1-6-2-4-7(5-3-6)11(8,9)10/h7-11H,4-6,12H2,1-3H3;2-5H,1H3,(H,8,9,10)/q+1;/p-1. The van der Waals surface area contributed by atoms with E-state index in [-0.39, 0.29) is 4.90 Å². The topological polar surface area (TPSA) is 57.2 Å². The van der Waals surface area contributed by atoms with Crippen LogP contribution in [0.25, 0.3) is 0 Å². The Bertz CT molecular complexity index is 713. The highest BCUT2D eigenvalue weighted by atomic mass is 32.2. The molecule has 0 aliphatic heterocycles. The predicted octanol–water partition coefficient (Wildman–Crippen LogP) is 3.96. The minimum absolute atomic E-state index is 0.178. The van der Waals surface area contributed by atoms with Gasteiger partial charge < -0.3 is 9.04 Å². The zero-order valence-electron chi connectivity index (χ0n) is 15.6. The average molecular weight is 364 g/mol. The normalized spacial score (nSPS) is 11.6. The molecular weight excluding hydrogens is 334 g/mol. The Balaban J connectivity index is 0.000000257. The molecule has 0 spiro atoms. The van der Waals surface area contributed by atoms with Gasteiger partial charge in [0.25, 0.3) is 0 Å². The van der Waals surface area contributed by atoms with E-state index in [1.165, 1.54) is 48.4 Å². The van der Waals surface area contributed by atoms with Crippen LogP contribution >= 0.6 is 0 Å². The molecule has 138 valence electrons. The number of rotatable bonds is 6. The van der Waals surface area contributed by atoms with Gasteiger partial charge in [-0.3, -0.25) is 0 Å². The van der Waals surface area contributed by atoms with Gasteiger partial charge in [0.05, 0.1) is 24.5 Å². The molecule has 0 heterocycles. The summed E-state index contributed by atoms with van der Waals surface area (Å²) in [5.41, 5.74) is 2.38. The molecule has 0 aromatic heterocycles. The summed E-state index contributed by atoms with van der Waals surface area (Å²) in [7, 11) is -4.27. The number of hydrogen-bond acceptors (Lipinski definition) is 3. The third kappa shape index (κ3) is 6.98. The quantitative estimate of drug-likeness (QED) is 0.576. The molecule has 0 radical (unpaired) electrons. The second-order valence-corrected chi connectivity index (χ2v) is 7.58. The number of aryl methyl sites for hydroxylation is 1. The largest absolute Gasteiger partial charge is 0.744 e. The number of hydrogen-bond donors (Lipinski definition) is 0. The smallest absolute Gasteiger partial charge is 0.124 e. The van der Waals surface area contributed by atoms with Crippen LogP contribution in [0.15, 0.2) is 59.5 Å². The van der Waals surface area contributed by atoms with Gasteiger partial charge in [0.15, 0.2) is 0 Å². The zero-order valence-corrected chi connectivity index (χ0v) is 16.4. The van der Waals surface area contributed by atoms with Gasteiger partial charge in [0.2, 0.25) is 0 Å². The first-order valence-electron chi connectivity index (χ1n) is 8.68. The van der Waals surface area contributed by atoms with Gasteiger partial charge in [-0.1, -0.05) is 48.0 Å². The first kappa shape index (κ1) is 21.4. The third-order valence-corrected chi connectivity index (χ3v) is 5.53. The van der Waals surface area contributed by atoms with Crippen LogP contribution in [0, 0.1) is 6.92 Å². The maximum atomic E-state index is 10.4. The van der Waals surface area contributed by atoms with E-state index in [0.29, 0.717) is 0 Å². The molecule has 0 N–H and O–H groups in total. The van der Waals surface area contributed by atoms with Crippen LogP contribution in [0.5, 0.6) is 0 Å². The van der Waals surface area contributed by atoms with Crippen molar-refractivity contribution in [1.29, 1.82) is 0 Å². The van der Waals surface area contributed by atoms with Crippen LogP contribution in [0.2, 0.25) is 0 Å². The fraction of sp³-hybridized carbons (Fsp3) is 0.400. The van der Waals surface area contributed by atoms with Crippen molar-refractivity contribution in [2.45, 2.75) is 39.1 Å². The molecule has 0 fully saturated rings. The Morgan fingerprint density at radius 3 is 1.72 bits per heavy atom. The zero-order chi connectivity index (χ0) is 18.9. The summed E-state index contributed by atoms with van der Waals surface area (Å²) in [5.74, 6) is 0. The second-order valence-electron chi connectivity index (χ2n) is 6.20. The summed E-state index contributed by atoms with van der Waals surface area (Å²) in [4.78, 5) is -0.178. The maximum absolute atomic E-state index is 10.4. The SMILES string of the molecule is CC[N+](CC)(CC)Cc1ccccc1.Cc1ccc(S(=O)(=O)[O-])cc1. The van der Waals surface area contributed by atoms with Gasteiger partial charge in [-0.2, -0.15) is 0 Å². The molecule has 0 bridgehead atoms. The maximum Gasteiger partial charge on any atom is 0.124 e. The van der Waals surface area contributed by atoms with Gasteiger partial charge >= 0.3 is 0 Å². The molecule has 0 aliphatic rings. The molecule has 2 aromatic rings. The molecule has 0 saturated heterocycles. The van der Waals surface area contributed by atoms with E-state index in [2.05, 4.69) is 51.1 Å². The van der Waals surface area contributed by atoms with Crippen molar-refractivity contribution >= 4 is 10.1 Å². The Morgan fingerprint density at radius 1 is 0.840 bits per heavy atom. The van der Waals surface area contributed by atoms with Gasteiger partial charge in [-0.05, 0) is 39.8 Å². The van der Waals surface area contributed by atoms with Gasteiger partial charge in [0.1, 0.15) is 16.7 Å². The van der Waals surface area contributed by atoms with Crippen LogP contribution in [0.4, 0.5) is 0 Å². The first-order valence-corrected chi connectivity index (χ1v) is 10.1. The highest BCUT2D eigenvalue weighted by molar-refractivity contribution is 7.85. The van der Waals surface area contributed by atoms with E-state index in [1.807, 2.05) is 6.92 Å². The van der Waals surface area contributed by atoms with Crippen LogP contribution in [0.1, 0.15) is 31.9 Å². The van der Waals surface area contributed by atoms with Gasteiger partial charge in [-0.15, -0.1) is 0 Å². The van der Waals surface area contributed by atoms with E-state index in [9.17, 15) is 13.0 Å². The van der Waals surface area contributed by atoms with E-state index >= 15 is 0 Å². The van der Waals surface area contributed by atoms with E-state index < -0.39 is 10.1 Å². The molecule has 0 saturated carbocycles. The molecule has 0 unspecified atom stereocenters. The predicted molar refractivity (Wildman–Crippen MR) is 101 cm³/mol. The third-order valence-electron chi connectivity index (χ3n) is 4.68. The minimum atomic E-state index is -4.27. The minimum Gasteiger partial charge on any atom is -0.744 e. The first-order chi connectivity index (χ1) is 11.8. The highest BCUT2D eigenvalue weighted by Gasteiger charge is 2.20. The summed E-state index contributed by atoms with van der Waals surface area (Å²) >= 11 is 0. The molecule has 2 aromatic carbocycles. The number of nitrogens with zero attached hydrogens (tertiary/aromatic N) is 1. The van der Waals surface area contributed by atoms with Crippen LogP contribution in [-0.4, -0.2) is 37.1 Å². The van der Waals surface area contributed by atoms with Crippen molar-refractivity contribution in [3.8, 4) is 0 Å². The Kier molecular flexibility index (Phi) is 8.29. The van der Waals surface area contributed by atoms with Crippen molar-refractivity contribution in [3.05, 3.63) is 65.7 Å². The summed E-state index contributed by atoms with van der Waals surface area (Å²) in [6.45, 7) is 13.5. The molecule has 25 heavy (non-hydrogen) atoms. The Hall–Kier alpha value is -1.69. The van der Waals surface area contributed by atoms with E-state index in [0.717, 1.165) is 5.56 Å². The van der Waals surface area contributed by atoms with Crippen molar-refractivity contribution < 1.29 is 17.5 Å². The number of benzene rings is 2. The lowest BCUT2D eigenvalue weighted by Gasteiger charge is -2.35. The fourth-order valence-corrected chi connectivity index (χ4v) is 3.15. The van der Waals surface area contributed by atoms with E-state index in [1.54, 1.807) is 12.1 Å². The fourth-order valence-electron chi connectivity index (χ4n) is 2.68. The Labute approximate surface area is 152 Å². The monoisotopic (exact) mass is 363 g/mol.